The van der Waals surface area contributed by atoms with Gasteiger partial charge in [0.25, 0.3) is 5.56 Å². The summed E-state index contributed by atoms with van der Waals surface area (Å²) in [6.45, 7) is 1.69. The fourth-order valence-electron chi connectivity index (χ4n) is 5.68. The Bertz CT molecular complexity index is 766. The van der Waals surface area contributed by atoms with Crippen LogP contribution in [-0.4, -0.2) is 21.9 Å². The summed E-state index contributed by atoms with van der Waals surface area (Å²) in [7, 11) is 0. The van der Waals surface area contributed by atoms with Crippen molar-refractivity contribution in [2.45, 2.75) is 57.9 Å². The molecule has 1 amide bonds. The van der Waals surface area contributed by atoms with E-state index in [1.54, 1.807) is 6.92 Å². The number of aromatic amines is 2. The van der Waals surface area contributed by atoms with E-state index >= 15 is 0 Å². The minimum absolute atomic E-state index is 0.0205. The van der Waals surface area contributed by atoms with Crippen molar-refractivity contribution in [1.29, 1.82) is 0 Å². The molecule has 3 N–H and O–H groups in total. The highest BCUT2D eigenvalue weighted by atomic mass is 16.2. The Balaban J connectivity index is 1.35. The zero-order valence-corrected chi connectivity index (χ0v) is 14.1. The molecule has 3 saturated carbocycles. The Labute approximate surface area is 140 Å². The molecular formula is C18H25N3O3. The number of rotatable bonds is 4. The highest BCUT2D eigenvalue weighted by Gasteiger charge is 2.53. The summed E-state index contributed by atoms with van der Waals surface area (Å²) >= 11 is 0. The molecule has 0 aliphatic heterocycles. The topological polar surface area (TPSA) is 94.8 Å². The van der Waals surface area contributed by atoms with Crippen LogP contribution in [0, 0.1) is 30.6 Å². The standard InChI is InChI=1S/C18H25N3O3/c1-9-11(17(23)21-18(24)19-9)5-6-16(22)20-15-8-10-7-14(15)13-4-2-3-12(10)13/h10,12-15H,2-8H2,1H3,(H,20,22)(H2,19,21,23,24)/t10-,12+,13+,14+,15-/m1/s1. The van der Waals surface area contributed by atoms with Crippen LogP contribution >= 0.6 is 0 Å². The molecule has 4 rings (SSSR count). The van der Waals surface area contributed by atoms with Gasteiger partial charge in [-0.05, 0) is 62.7 Å². The third-order valence-corrected chi connectivity index (χ3v) is 6.63. The first kappa shape index (κ1) is 15.7. The monoisotopic (exact) mass is 331 g/mol. The van der Waals surface area contributed by atoms with Crippen LogP contribution in [-0.2, 0) is 11.2 Å². The Morgan fingerprint density at radius 2 is 1.92 bits per heavy atom. The van der Waals surface area contributed by atoms with Crippen molar-refractivity contribution in [3.63, 3.8) is 0 Å². The van der Waals surface area contributed by atoms with Crippen molar-refractivity contribution >= 4 is 5.91 Å². The zero-order chi connectivity index (χ0) is 16.8. The van der Waals surface area contributed by atoms with Gasteiger partial charge in [-0.25, -0.2) is 4.79 Å². The highest BCUT2D eigenvalue weighted by molar-refractivity contribution is 5.76. The van der Waals surface area contributed by atoms with Crippen molar-refractivity contribution in [2.24, 2.45) is 23.7 Å². The molecule has 3 fully saturated rings. The first-order valence-electron chi connectivity index (χ1n) is 9.14. The Morgan fingerprint density at radius 3 is 2.71 bits per heavy atom. The fraction of sp³-hybridized carbons (Fsp3) is 0.722. The van der Waals surface area contributed by atoms with Gasteiger partial charge in [0.05, 0.1) is 0 Å². The molecule has 1 aromatic heterocycles. The molecule has 5 atom stereocenters. The van der Waals surface area contributed by atoms with Crippen molar-refractivity contribution in [1.82, 2.24) is 15.3 Å². The van der Waals surface area contributed by atoms with Crippen molar-refractivity contribution in [2.75, 3.05) is 0 Å². The number of carbonyl (C=O) groups is 1. The number of hydrogen-bond acceptors (Lipinski definition) is 3. The van der Waals surface area contributed by atoms with Gasteiger partial charge < -0.3 is 10.3 Å². The summed E-state index contributed by atoms with van der Waals surface area (Å²) < 4.78 is 0. The summed E-state index contributed by atoms with van der Waals surface area (Å²) in [5, 5.41) is 3.22. The van der Waals surface area contributed by atoms with Gasteiger partial charge in [-0.1, -0.05) is 6.42 Å². The zero-order valence-electron chi connectivity index (χ0n) is 14.1. The maximum atomic E-state index is 12.3. The van der Waals surface area contributed by atoms with Gasteiger partial charge in [0.1, 0.15) is 0 Å². The molecule has 6 nitrogen and oxygen atoms in total. The lowest BCUT2D eigenvalue weighted by Crippen LogP contribution is -2.42. The van der Waals surface area contributed by atoms with Gasteiger partial charge >= 0.3 is 5.69 Å². The van der Waals surface area contributed by atoms with Crippen LogP contribution in [0.15, 0.2) is 9.59 Å². The van der Waals surface area contributed by atoms with Crippen LogP contribution in [0.5, 0.6) is 0 Å². The van der Waals surface area contributed by atoms with Crippen molar-refractivity contribution in [3.8, 4) is 0 Å². The average molecular weight is 331 g/mol. The normalized spacial score (nSPS) is 33.6. The van der Waals surface area contributed by atoms with Crippen LogP contribution in [0.3, 0.4) is 0 Å². The average Bonchev–Trinajstić information content (AvgIpc) is 3.18. The molecular weight excluding hydrogens is 306 g/mol. The number of amides is 1. The van der Waals surface area contributed by atoms with Gasteiger partial charge in [-0.15, -0.1) is 0 Å². The fourth-order valence-corrected chi connectivity index (χ4v) is 5.68. The SMILES string of the molecule is Cc1[nH]c(=O)[nH]c(=O)c1CCC(=O)N[C@@H]1C[C@H]2C[C@H]1[C@H]1CCC[C@@H]21. The summed E-state index contributed by atoms with van der Waals surface area (Å²) in [4.78, 5) is 40.2. The van der Waals surface area contributed by atoms with E-state index in [4.69, 9.17) is 0 Å². The van der Waals surface area contributed by atoms with Gasteiger partial charge in [-0.2, -0.15) is 0 Å². The second kappa shape index (κ2) is 5.90. The second-order valence-corrected chi connectivity index (χ2v) is 7.84. The van der Waals surface area contributed by atoms with Crippen LogP contribution in [0.1, 0.15) is 49.8 Å². The molecule has 0 spiro atoms. The van der Waals surface area contributed by atoms with Gasteiger partial charge in [0.2, 0.25) is 5.91 Å². The summed E-state index contributed by atoms with van der Waals surface area (Å²) in [5.74, 6) is 3.26. The third kappa shape index (κ3) is 2.62. The Morgan fingerprint density at radius 1 is 1.12 bits per heavy atom. The first-order chi connectivity index (χ1) is 11.5. The second-order valence-electron chi connectivity index (χ2n) is 7.84. The predicted octanol–water partition coefficient (Wildman–Crippen LogP) is 1.25. The molecule has 24 heavy (non-hydrogen) atoms. The van der Waals surface area contributed by atoms with Crippen LogP contribution in [0.2, 0.25) is 0 Å². The third-order valence-electron chi connectivity index (χ3n) is 6.63. The van der Waals surface area contributed by atoms with E-state index in [1.807, 2.05) is 0 Å². The largest absolute Gasteiger partial charge is 0.353 e. The number of nitrogens with one attached hydrogen (secondary N) is 3. The Hall–Kier alpha value is -1.85. The molecule has 2 bridgehead atoms. The number of aryl methyl sites for hydroxylation is 1. The number of fused-ring (bicyclic) bond motifs is 5. The quantitative estimate of drug-likeness (QED) is 0.775. The number of carbonyl (C=O) groups excluding carboxylic acids is 1. The van der Waals surface area contributed by atoms with Gasteiger partial charge in [-0.3, -0.25) is 14.6 Å². The molecule has 1 heterocycles. The van der Waals surface area contributed by atoms with Crippen molar-refractivity contribution in [3.05, 3.63) is 32.1 Å². The molecule has 6 heteroatoms. The molecule has 1 aromatic rings. The summed E-state index contributed by atoms with van der Waals surface area (Å²) in [5.41, 5.74) is 0.149. The van der Waals surface area contributed by atoms with Gasteiger partial charge in [0, 0.05) is 23.7 Å². The molecule has 0 radical (unpaired) electrons. The maximum absolute atomic E-state index is 12.3. The lowest BCUT2D eigenvalue weighted by Gasteiger charge is -2.32. The lowest BCUT2D eigenvalue weighted by molar-refractivity contribution is -0.122. The molecule has 0 saturated heterocycles. The molecule has 3 aliphatic carbocycles. The van der Waals surface area contributed by atoms with E-state index in [9.17, 15) is 14.4 Å². The summed E-state index contributed by atoms with van der Waals surface area (Å²) in [6, 6.07) is 0.330. The summed E-state index contributed by atoms with van der Waals surface area (Å²) in [6.07, 6.45) is 7.16. The van der Waals surface area contributed by atoms with E-state index in [-0.39, 0.29) is 12.3 Å². The molecule has 0 unspecified atom stereocenters. The van der Waals surface area contributed by atoms with E-state index in [0.717, 1.165) is 24.2 Å². The van der Waals surface area contributed by atoms with E-state index in [0.29, 0.717) is 29.6 Å². The number of aromatic nitrogens is 2. The molecule has 130 valence electrons. The molecule has 0 aromatic carbocycles. The smallest absolute Gasteiger partial charge is 0.325 e. The minimum atomic E-state index is -0.501. The Kier molecular flexibility index (Phi) is 3.85. The first-order valence-corrected chi connectivity index (χ1v) is 9.14. The number of H-pyrrole nitrogens is 2. The lowest BCUT2D eigenvalue weighted by atomic mass is 9.79. The van der Waals surface area contributed by atoms with E-state index < -0.39 is 11.2 Å². The van der Waals surface area contributed by atoms with E-state index in [1.165, 1.54) is 25.7 Å². The molecule has 3 aliphatic rings. The minimum Gasteiger partial charge on any atom is -0.353 e. The van der Waals surface area contributed by atoms with E-state index in [2.05, 4.69) is 15.3 Å². The van der Waals surface area contributed by atoms with Gasteiger partial charge in [0.15, 0.2) is 0 Å². The van der Waals surface area contributed by atoms with Crippen LogP contribution < -0.4 is 16.6 Å². The highest BCUT2D eigenvalue weighted by Crippen LogP contribution is 2.58. The van der Waals surface area contributed by atoms with Crippen LogP contribution in [0.25, 0.3) is 0 Å². The van der Waals surface area contributed by atoms with Crippen molar-refractivity contribution < 1.29 is 4.79 Å². The predicted molar refractivity (Wildman–Crippen MR) is 89.7 cm³/mol. The van der Waals surface area contributed by atoms with Crippen LogP contribution in [0.4, 0.5) is 0 Å². The number of hydrogen-bond donors (Lipinski definition) is 3. The maximum Gasteiger partial charge on any atom is 0.325 e.